The lowest BCUT2D eigenvalue weighted by atomic mass is 9.43. The minimum absolute atomic E-state index is 0.133. The molecule has 0 aromatic carbocycles. The summed E-state index contributed by atoms with van der Waals surface area (Å²) in [5.41, 5.74) is -1.42. The lowest BCUT2D eigenvalue weighted by molar-refractivity contribution is -0.217. The number of hydrogen-bond acceptors (Lipinski definition) is 4. The molecule has 7 atom stereocenters. The zero-order valence-corrected chi connectivity index (χ0v) is 18.0. The van der Waals surface area contributed by atoms with Crippen molar-refractivity contribution in [3.8, 4) is 0 Å². The molecule has 1 aliphatic heterocycles. The van der Waals surface area contributed by atoms with Crippen LogP contribution in [0.15, 0.2) is 0 Å². The molecule has 1 heterocycles. The van der Waals surface area contributed by atoms with Crippen molar-refractivity contribution in [2.24, 2.45) is 34.5 Å². The predicted molar refractivity (Wildman–Crippen MR) is 108 cm³/mol. The summed E-state index contributed by atoms with van der Waals surface area (Å²) in [6.07, 6.45) is 9.96. The molecule has 3 saturated carbocycles. The van der Waals surface area contributed by atoms with E-state index in [1.807, 2.05) is 0 Å². The molecule has 0 amide bonds. The van der Waals surface area contributed by atoms with E-state index in [9.17, 15) is 14.7 Å². The van der Waals surface area contributed by atoms with Gasteiger partial charge in [0.1, 0.15) is 5.78 Å². The molecule has 4 rings (SSSR count). The zero-order valence-electron chi connectivity index (χ0n) is 18.0. The van der Waals surface area contributed by atoms with E-state index < -0.39 is 5.60 Å². The number of fused-ring (bicyclic) bond motifs is 5. The maximum Gasteiger partial charge on any atom is 0.308 e. The van der Waals surface area contributed by atoms with Gasteiger partial charge in [-0.05, 0) is 62.2 Å². The number of carbonyl (C=O) groups is 2. The number of unbranched alkanes of at least 4 members (excludes halogenated alkanes) is 2. The second kappa shape index (κ2) is 7.11. The van der Waals surface area contributed by atoms with E-state index >= 15 is 0 Å². The molecule has 4 aliphatic rings. The van der Waals surface area contributed by atoms with Crippen LogP contribution in [0, 0.1) is 34.5 Å². The van der Waals surface area contributed by atoms with Gasteiger partial charge in [0.05, 0.1) is 18.6 Å². The summed E-state index contributed by atoms with van der Waals surface area (Å²) < 4.78 is 5.45. The Bertz CT molecular complexity index is 645. The Morgan fingerprint density at radius 2 is 1.89 bits per heavy atom. The van der Waals surface area contributed by atoms with Gasteiger partial charge < -0.3 is 9.84 Å². The first-order valence-corrected chi connectivity index (χ1v) is 11.7. The molecule has 158 valence electrons. The van der Waals surface area contributed by atoms with Crippen molar-refractivity contribution in [1.29, 1.82) is 0 Å². The average Bonchev–Trinajstić information content (AvgIpc) is 2.88. The first-order chi connectivity index (χ1) is 13.3. The molecule has 4 fully saturated rings. The van der Waals surface area contributed by atoms with Crippen molar-refractivity contribution in [1.82, 2.24) is 0 Å². The van der Waals surface area contributed by atoms with Crippen LogP contribution in [0.2, 0.25) is 0 Å². The van der Waals surface area contributed by atoms with Crippen molar-refractivity contribution in [2.45, 2.75) is 97.0 Å². The van der Waals surface area contributed by atoms with Crippen LogP contribution in [0.5, 0.6) is 0 Å². The van der Waals surface area contributed by atoms with Crippen molar-refractivity contribution in [3.05, 3.63) is 0 Å². The topological polar surface area (TPSA) is 63.6 Å². The molecule has 4 nitrogen and oxygen atoms in total. The quantitative estimate of drug-likeness (QED) is 0.559. The minimum atomic E-state index is -0.966. The van der Waals surface area contributed by atoms with Crippen molar-refractivity contribution in [3.63, 3.8) is 0 Å². The number of carbonyl (C=O) groups excluding carboxylic acids is 2. The third-order valence-electron chi connectivity index (χ3n) is 9.64. The van der Waals surface area contributed by atoms with Crippen LogP contribution >= 0.6 is 0 Å². The Hall–Kier alpha value is -0.900. The summed E-state index contributed by atoms with van der Waals surface area (Å²) in [4.78, 5) is 25.1. The Labute approximate surface area is 169 Å². The number of ketones is 1. The molecule has 0 spiro atoms. The second-order valence-electron chi connectivity index (χ2n) is 10.7. The summed E-state index contributed by atoms with van der Waals surface area (Å²) in [5, 5.41) is 12.1. The van der Waals surface area contributed by atoms with Crippen molar-refractivity contribution in [2.75, 3.05) is 6.61 Å². The predicted octanol–water partition coefficient (Wildman–Crippen LogP) is 4.67. The van der Waals surface area contributed by atoms with Gasteiger partial charge in [-0.3, -0.25) is 9.59 Å². The van der Waals surface area contributed by atoms with Crippen LogP contribution in [0.4, 0.5) is 0 Å². The number of rotatable bonds is 4. The Morgan fingerprint density at radius 1 is 1.11 bits per heavy atom. The molecule has 0 aromatic heterocycles. The van der Waals surface area contributed by atoms with Crippen LogP contribution in [0.25, 0.3) is 0 Å². The van der Waals surface area contributed by atoms with E-state index in [1.54, 1.807) is 0 Å². The molecule has 0 radical (unpaired) electrons. The highest BCUT2D eigenvalue weighted by Crippen LogP contribution is 2.67. The molecule has 7 unspecified atom stereocenters. The molecule has 0 bridgehead atoms. The summed E-state index contributed by atoms with van der Waals surface area (Å²) in [5.74, 6) is 1.70. The fourth-order valence-corrected chi connectivity index (χ4v) is 7.88. The number of ether oxygens (including phenoxy) is 1. The van der Waals surface area contributed by atoms with Crippen LogP contribution in [-0.2, 0) is 14.3 Å². The van der Waals surface area contributed by atoms with Gasteiger partial charge in [-0.2, -0.15) is 0 Å². The molecule has 0 aromatic rings. The molecular weight excluding hydrogens is 352 g/mol. The first-order valence-electron chi connectivity index (χ1n) is 11.7. The average molecular weight is 391 g/mol. The van der Waals surface area contributed by atoms with Gasteiger partial charge in [0.25, 0.3) is 0 Å². The molecular formula is C24H38O4. The van der Waals surface area contributed by atoms with E-state index in [-0.39, 0.29) is 29.1 Å². The summed E-state index contributed by atoms with van der Waals surface area (Å²) >= 11 is 0. The summed E-state index contributed by atoms with van der Waals surface area (Å²) in [7, 11) is 0. The van der Waals surface area contributed by atoms with Crippen LogP contribution < -0.4 is 0 Å². The van der Waals surface area contributed by atoms with Gasteiger partial charge in [0, 0.05) is 17.3 Å². The third-order valence-corrected chi connectivity index (χ3v) is 9.64. The third kappa shape index (κ3) is 2.80. The van der Waals surface area contributed by atoms with Gasteiger partial charge in [-0.25, -0.2) is 0 Å². The van der Waals surface area contributed by atoms with Crippen LogP contribution in [0.3, 0.4) is 0 Å². The fraction of sp³-hybridized carbons (Fsp3) is 0.917. The number of cyclic esters (lactones) is 1. The molecule has 4 heteroatoms. The lowest BCUT2D eigenvalue weighted by Crippen LogP contribution is -2.64. The number of esters is 1. The van der Waals surface area contributed by atoms with Gasteiger partial charge in [-0.15, -0.1) is 0 Å². The van der Waals surface area contributed by atoms with E-state index in [0.29, 0.717) is 30.1 Å². The molecule has 3 aliphatic carbocycles. The van der Waals surface area contributed by atoms with Gasteiger partial charge in [0.2, 0.25) is 0 Å². The molecule has 28 heavy (non-hydrogen) atoms. The van der Waals surface area contributed by atoms with Crippen LogP contribution in [-0.4, -0.2) is 29.1 Å². The smallest absolute Gasteiger partial charge is 0.308 e. The van der Waals surface area contributed by atoms with E-state index in [0.717, 1.165) is 57.8 Å². The van der Waals surface area contributed by atoms with Crippen LogP contribution in [0.1, 0.15) is 91.4 Å². The minimum Gasteiger partial charge on any atom is -0.466 e. The summed E-state index contributed by atoms with van der Waals surface area (Å²) in [6.45, 7) is 7.06. The number of Topliss-reactive ketones (excluding diaryl/α,β-unsaturated/α-hetero) is 1. The fourth-order valence-electron chi connectivity index (χ4n) is 7.88. The van der Waals surface area contributed by atoms with E-state index in [1.165, 1.54) is 6.42 Å². The van der Waals surface area contributed by atoms with Gasteiger partial charge in [-0.1, -0.05) is 40.0 Å². The summed E-state index contributed by atoms with van der Waals surface area (Å²) in [6, 6.07) is 0. The lowest BCUT2D eigenvalue weighted by Gasteiger charge is -2.63. The molecule has 1 N–H and O–H groups in total. The Morgan fingerprint density at radius 3 is 2.64 bits per heavy atom. The maximum atomic E-state index is 12.7. The highest BCUT2D eigenvalue weighted by atomic mass is 16.5. The SMILES string of the molecule is CCCCCC1CC2C3CCC(=O)C3(C)CCC2C2(C)CCOC(=O)CC12O. The highest BCUT2D eigenvalue weighted by molar-refractivity contribution is 5.87. The highest BCUT2D eigenvalue weighted by Gasteiger charge is 2.66. The maximum absolute atomic E-state index is 12.7. The van der Waals surface area contributed by atoms with E-state index in [4.69, 9.17) is 4.74 Å². The zero-order chi connectivity index (χ0) is 20.2. The van der Waals surface area contributed by atoms with E-state index in [2.05, 4.69) is 20.8 Å². The monoisotopic (exact) mass is 390 g/mol. The standard InChI is InChI=1S/C24H38O4/c1-4-5-6-7-16-14-17-18-8-9-20(25)22(18,2)11-10-19(17)23(3)12-13-28-21(26)15-24(16,23)27/h16-19,27H,4-15H2,1-3H3. The van der Waals surface area contributed by atoms with Crippen molar-refractivity contribution < 1.29 is 19.4 Å². The first kappa shape index (κ1) is 20.4. The van der Waals surface area contributed by atoms with Gasteiger partial charge >= 0.3 is 5.97 Å². The largest absolute Gasteiger partial charge is 0.466 e. The number of hydrogen-bond donors (Lipinski definition) is 1. The van der Waals surface area contributed by atoms with Gasteiger partial charge in [0.15, 0.2) is 0 Å². The van der Waals surface area contributed by atoms with Crippen molar-refractivity contribution >= 4 is 11.8 Å². The normalized spacial score (nSPS) is 48.3. The second-order valence-corrected chi connectivity index (χ2v) is 10.7. The molecule has 1 saturated heterocycles. The Kier molecular flexibility index (Phi) is 5.17. The Balaban J connectivity index is 1.71. The number of aliphatic hydroxyl groups is 1.